The van der Waals surface area contributed by atoms with E-state index in [1.54, 1.807) is 0 Å². The molecule has 0 bridgehead atoms. The topological polar surface area (TPSA) is 30.9 Å². The fourth-order valence-electron chi connectivity index (χ4n) is 2.00. The summed E-state index contributed by atoms with van der Waals surface area (Å²) >= 11 is 0. The van der Waals surface area contributed by atoms with Gasteiger partial charge in [0.1, 0.15) is 5.82 Å². The molecular weight excluding hydrogens is 196 g/mol. The molecule has 0 aliphatic carbocycles. The molecule has 0 aliphatic heterocycles. The van der Waals surface area contributed by atoms with Gasteiger partial charge in [-0.05, 0) is 38.5 Å². The number of aryl methyl sites for hydroxylation is 1. The number of nitrogens with two attached hydrogens (primary N) is 1. The van der Waals surface area contributed by atoms with Crippen LogP contribution in [0.5, 0.6) is 0 Å². The van der Waals surface area contributed by atoms with Crippen molar-refractivity contribution in [3.8, 4) is 11.3 Å². The van der Waals surface area contributed by atoms with E-state index in [1.165, 1.54) is 16.8 Å². The molecule has 1 aromatic heterocycles. The van der Waals surface area contributed by atoms with Crippen molar-refractivity contribution in [3.05, 3.63) is 42.0 Å². The lowest BCUT2D eigenvalue weighted by Crippen LogP contribution is -2.06. The van der Waals surface area contributed by atoms with E-state index in [9.17, 15) is 0 Å². The molecule has 0 unspecified atom stereocenters. The van der Waals surface area contributed by atoms with E-state index in [0.717, 1.165) is 5.82 Å². The Hall–Kier alpha value is -1.70. The number of aromatic nitrogens is 1. The quantitative estimate of drug-likeness (QED) is 0.813. The average Bonchev–Trinajstić information content (AvgIpc) is 2.61. The van der Waals surface area contributed by atoms with Crippen molar-refractivity contribution in [2.45, 2.75) is 26.8 Å². The predicted molar refractivity (Wildman–Crippen MR) is 69.4 cm³/mol. The molecule has 2 heteroatoms. The Kier molecular flexibility index (Phi) is 2.73. The van der Waals surface area contributed by atoms with Gasteiger partial charge in [-0.25, -0.2) is 0 Å². The zero-order valence-corrected chi connectivity index (χ0v) is 10.1. The fraction of sp³-hybridized carbons (Fsp3) is 0.286. The van der Waals surface area contributed by atoms with Crippen molar-refractivity contribution in [2.75, 3.05) is 5.73 Å². The van der Waals surface area contributed by atoms with Crippen LogP contribution >= 0.6 is 0 Å². The Morgan fingerprint density at radius 3 is 2.19 bits per heavy atom. The summed E-state index contributed by atoms with van der Waals surface area (Å²) in [5.41, 5.74) is 9.66. The summed E-state index contributed by atoms with van der Waals surface area (Å²) in [6.45, 7) is 6.39. The average molecular weight is 214 g/mol. The number of hydrogen-bond donors (Lipinski definition) is 1. The molecule has 84 valence electrons. The number of nitrogens with zero attached hydrogens (tertiary/aromatic N) is 1. The van der Waals surface area contributed by atoms with E-state index in [1.807, 2.05) is 6.07 Å². The highest BCUT2D eigenvalue weighted by molar-refractivity contribution is 5.64. The highest BCUT2D eigenvalue weighted by Gasteiger charge is 2.10. The van der Waals surface area contributed by atoms with Gasteiger partial charge in [-0.3, -0.25) is 0 Å². The molecule has 2 aromatic rings. The fourth-order valence-corrected chi connectivity index (χ4v) is 2.00. The third-order valence-electron chi connectivity index (χ3n) is 2.81. The van der Waals surface area contributed by atoms with E-state index in [0.29, 0.717) is 6.04 Å². The molecule has 0 spiro atoms. The molecule has 0 fully saturated rings. The Morgan fingerprint density at radius 1 is 1.00 bits per heavy atom. The molecule has 16 heavy (non-hydrogen) atoms. The maximum Gasteiger partial charge on any atom is 0.103 e. The summed E-state index contributed by atoms with van der Waals surface area (Å²) in [5.74, 6) is 0.825. The minimum atomic E-state index is 0.381. The second-order valence-electron chi connectivity index (χ2n) is 4.47. The molecular formula is C14H18N2. The Labute approximate surface area is 96.7 Å². The lowest BCUT2D eigenvalue weighted by Gasteiger charge is -2.15. The van der Waals surface area contributed by atoms with Gasteiger partial charge in [-0.2, -0.15) is 0 Å². The number of anilines is 1. The maximum absolute atomic E-state index is 5.97. The van der Waals surface area contributed by atoms with Crippen molar-refractivity contribution in [1.29, 1.82) is 0 Å². The second-order valence-corrected chi connectivity index (χ2v) is 4.47. The highest BCUT2D eigenvalue weighted by Crippen LogP contribution is 2.27. The van der Waals surface area contributed by atoms with Gasteiger partial charge in [0.2, 0.25) is 0 Å². The third kappa shape index (κ3) is 1.83. The molecule has 0 saturated carbocycles. The van der Waals surface area contributed by atoms with Gasteiger partial charge < -0.3 is 10.3 Å². The summed E-state index contributed by atoms with van der Waals surface area (Å²) in [5, 5.41) is 0. The van der Waals surface area contributed by atoms with Crippen molar-refractivity contribution < 1.29 is 0 Å². The minimum Gasteiger partial charge on any atom is -0.385 e. The second kappa shape index (κ2) is 4.05. The number of hydrogen-bond acceptors (Lipinski definition) is 1. The first-order chi connectivity index (χ1) is 7.59. The first kappa shape index (κ1) is 10.8. The van der Waals surface area contributed by atoms with Crippen molar-refractivity contribution in [2.24, 2.45) is 0 Å². The van der Waals surface area contributed by atoms with Crippen LogP contribution in [-0.2, 0) is 0 Å². The third-order valence-corrected chi connectivity index (χ3v) is 2.81. The van der Waals surface area contributed by atoms with Crippen LogP contribution in [0.15, 0.2) is 36.4 Å². The van der Waals surface area contributed by atoms with Crippen LogP contribution in [-0.4, -0.2) is 4.57 Å². The van der Waals surface area contributed by atoms with Crippen LogP contribution < -0.4 is 5.73 Å². The van der Waals surface area contributed by atoms with Gasteiger partial charge in [-0.1, -0.05) is 29.8 Å². The molecule has 1 heterocycles. The summed E-state index contributed by atoms with van der Waals surface area (Å²) in [7, 11) is 0. The van der Waals surface area contributed by atoms with Gasteiger partial charge in [0.15, 0.2) is 0 Å². The van der Waals surface area contributed by atoms with Gasteiger partial charge in [-0.15, -0.1) is 0 Å². The van der Waals surface area contributed by atoms with Crippen LogP contribution in [0, 0.1) is 6.92 Å². The lowest BCUT2D eigenvalue weighted by atomic mass is 10.1. The van der Waals surface area contributed by atoms with Crippen LogP contribution in [0.4, 0.5) is 5.82 Å². The molecule has 2 nitrogen and oxygen atoms in total. The predicted octanol–water partition coefficient (Wildman–Crippen LogP) is 3.63. The van der Waals surface area contributed by atoms with Crippen LogP contribution in [0.1, 0.15) is 25.5 Å². The Morgan fingerprint density at radius 2 is 1.62 bits per heavy atom. The van der Waals surface area contributed by atoms with Crippen molar-refractivity contribution in [1.82, 2.24) is 4.57 Å². The van der Waals surface area contributed by atoms with E-state index in [2.05, 4.69) is 55.7 Å². The summed E-state index contributed by atoms with van der Waals surface area (Å²) in [6, 6.07) is 13.0. The molecule has 0 atom stereocenters. The summed E-state index contributed by atoms with van der Waals surface area (Å²) in [6.07, 6.45) is 0. The standard InChI is InChI=1S/C14H18N2/c1-10(2)16-13(8-9-14(16)15)12-6-4-11(3)5-7-12/h4-10H,15H2,1-3H3. The van der Waals surface area contributed by atoms with Gasteiger partial charge in [0, 0.05) is 11.7 Å². The van der Waals surface area contributed by atoms with E-state index in [-0.39, 0.29) is 0 Å². The zero-order valence-electron chi connectivity index (χ0n) is 10.1. The smallest absolute Gasteiger partial charge is 0.103 e. The monoisotopic (exact) mass is 214 g/mol. The molecule has 2 rings (SSSR count). The van der Waals surface area contributed by atoms with Crippen LogP contribution in [0.25, 0.3) is 11.3 Å². The van der Waals surface area contributed by atoms with E-state index in [4.69, 9.17) is 5.73 Å². The van der Waals surface area contributed by atoms with Crippen LogP contribution in [0.3, 0.4) is 0 Å². The normalized spacial score (nSPS) is 11.0. The number of nitrogen functional groups attached to an aromatic ring is 1. The zero-order chi connectivity index (χ0) is 11.7. The van der Waals surface area contributed by atoms with E-state index < -0.39 is 0 Å². The lowest BCUT2D eigenvalue weighted by molar-refractivity contribution is 0.618. The van der Waals surface area contributed by atoms with Crippen LogP contribution in [0.2, 0.25) is 0 Å². The molecule has 0 radical (unpaired) electrons. The van der Waals surface area contributed by atoms with Gasteiger partial charge >= 0.3 is 0 Å². The molecule has 2 N–H and O–H groups in total. The molecule has 0 aliphatic rings. The molecule has 1 aromatic carbocycles. The Balaban J connectivity index is 2.52. The minimum absolute atomic E-state index is 0.381. The van der Waals surface area contributed by atoms with Gasteiger partial charge in [0.05, 0.1) is 0 Å². The van der Waals surface area contributed by atoms with E-state index >= 15 is 0 Å². The first-order valence-corrected chi connectivity index (χ1v) is 5.63. The SMILES string of the molecule is Cc1ccc(-c2ccc(N)n2C(C)C)cc1. The van der Waals surface area contributed by atoms with Gasteiger partial charge in [0.25, 0.3) is 0 Å². The maximum atomic E-state index is 5.97. The Bertz CT molecular complexity index is 478. The highest BCUT2D eigenvalue weighted by atomic mass is 15.1. The number of rotatable bonds is 2. The van der Waals surface area contributed by atoms with Crippen molar-refractivity contribution >= 4 is 5.82 Å². The summed E-state index contributed by atoms with van der Waals surface area (Å²) in [4.78, 5) is 0. The van der Waals surface area contributed by atoms with Crippen molar-refractivity contribution in [3.63, 3.8) is 0 Å². The molecule has 0 amide bonds. The first-order valence-electron chi connectivity index (χ1n) is 5.63. The summed E-state index contributed by atoms with van der Waals surface area (Å²) < 4.78 is 2.16. The number of benzene rings is 1. The largest absolute Gasteiger partial charge is 0.385 e. The molecule has 0 saturated heterocycles.